The van der Waals surface area contributed by atoms with Gasteiger partial charge >= 0.3 is 0 Å². The van der Waals surface area contributed by atoms with Crippen LogP contribution in [0.4, 0.5) is 11.5 Å². The number of morpholine rings is 1. The number of hydrogen-bond donors (Lipinski definition) is 1. The van der Waals surface area contributed by atoms with Gasteiger partial charge in [0.2, 0.25) is 12.7 Å². The van der Waals surface area contributed by atoms with Gasteiger partial charge in [-0.3, -0.25) is 4.79 Å². The van der Waals surface area contributed by atoms with E-state index in [0.717, 1.165) is 24.6 Å². The van der Waals surface area contributed by atoms with Gasteiger partial charge in [0.1, 0.15) is 5.82 Å². The first-order valence-electron chi connectivity index (χ1n) is 8.68. The number of nitrogens with zero attached hydrogens (tertiary/aromatic N) is 3. The van der Waals surface area contributed by atoms with E-state index in [-0.39, 0.29) is 18.5 Å². The number of carbonyl (C=O) groups is 1. The summed E-state index contributed by atoms with van der Waals surface area (Å²) in [5.74, 6) is 2.30. The second-order valence-corrected chi connectivity index (χ2v) is 7.10. The van der Waals surface area contributed by atoms with Crippen LogP contribution in [-0.4, -0.2) is 54.7 Å². The molecule has 1 saturated heterocycles. The molecule has 142 valence electrons. The highest BCUT2D eigenvalue weighted by molar-refractivity contribution is 7.99. The predicted octanol–water partition coefficient (Wildman–Crippen LogP) is 2.08. The van der Waals surface area contributed by atoms with E-state index >= 15 is 0 Å². The Bertz CT molecular complexity index is 842. The molecule has 0 aliphatic carbocycles. The number of rotatable bonds is 5. The maximum atomic E-state index is 12.3. The summed E-state index contributed by atoms with van der Waals surface area (Å²) in [5.41, 5.74) is 1.55. The molecule has 4 rings (SSSR count). The van der Waals surface area contributed by atoms with Crippen molar-refractivity contribution in [3.63, 3.8) is 0 Å². The molecular weight excluding hydrogens is 368 g/mol. The van der Waals surface area contributed by atoms with Crippen molar-refractivity contribution in [2.45, 2.75) is 12.1 Å². The van der Waals surface area contributed by atoms with Gasteiger partial charge in [-0.25, -0.2) is 9.97 Å². The van der Waals surface area contributed by atoms with E-state index in [0.29, 0.717) is 35.6 Å². The van der Waals surface area contributed by atoms with E-state index < -0.39 is 0 Å². The number of nitrogens with one attached hydrogen (secondary N) is 1. The summed E-state index contributed by atoms with van der Waals surface area (Å²) < 4.78 is 16.0. The first kappa shape index (κ1) is 17.9. The van der Waals surface area contributed by atoms with Crippen molar-refractivity contribution in [3.8, 4) is 11.5 Å². The van der Waals surface area contributed by atoms with Crippen molar-refractivity contribution in [2.24, 2.45) is 0 Å². The Balaban J connectivity index is 1.36. The highest BCUT2D eigenvalue weighted by Crippen LogP contribution is 2.34. The number of carbonyl (C=O) groups excluding carboxylic acids is 1. The number of amides is 1. The van der Waals surface area contributed by atoms with Gasteiger partial charge in [0.05, 0.1) is 19.0 Å². The lowest BCUT2D eigenvalue weighted by Gasteiger charge is -2.28. The number of hydrogen-bond acceptors (Lipinski definition) is 8. The van der Waals surface area contributed by atoms with E-state index in [1.54, 1.807) is 18.2 Å². The highest BCUT2D eigenvalue weighted by Gasteiger charge is 2.16. The number of thioether (sulfide) groups is 1. The van der Waals surface area contributed by atoms with Crippen LogP contribution in [0.5, 0.6) is 11.5 Å². The molecule has 0 radical (unpaired) electrons. The van der Waals surface area contributed by atoms with Gasteiger partial charge in [-0.15, -0.1) is 0 Å². The smallest absolute Gasteiger partial charge is 0.234 e. The summed E-state index contributed by atoms with van der Waals surface area (Å²) in [6.45, 7) is 5.16. The molecule has 0 bridgehead atoms. The van der Waals surface area contributed by atoms with E-state index in [1.807, 2.05) is 13.0 Å². The summed E-state index contributed by atoms with van der Waals surface area (Å²) in [7, 11) is 0. The van der Waals surface area contributed by atoms with Gasteiger partial charge in [-0.1, -0.05) is 11.8 Å². The molecule has 2 aliphatic rings. The van der Waals surface area contributed by atoms with Crippen molar-refractivity contribution in [1.82, 2.24) is 9.97 Å². The molecule has 0 atom stereocenters. The number of aryl methyl sites for hydroxylation is 1. The molecule has 3 heterocycles. The van der Waals surface area contributed by atoms with Crippen molar-refractivity contribution in [1.29, 1.82) is 0 Å². The molecule has 8 nitrogen and oxygen atoms in total. The van der Waals surface area contributed by atoms with Gasteiger partial charge in [0.15, 0.2) is 16.7 Å². The highest BCUT2D eigenvalue weighted by atomic mass is 32.2. The fourth-order valence-corrected chi connectivity index (χ4v) is 3.54. The lowest BCUT2D eigenvalue weighted by Crippen LogP contribution is -2.36. The summed E-state index contributed by atoms with van der Waals surface area (Å²) >= 11 is 1.32. The maximum Gasteiger partial charge on any atom is 0.234 e. The van der Waals surface area contributed by atoms with Crippen molar-refractivity contribution < 1.29 is 19.0 Å². The molecule has 0 unspecified atom stereocenters. The Kier molecular flexibility index (Phi) is 5.30. The van der Waals surface area contributed by atoms with Gasteiger partial charge in [0.25, 0.3) is 0 Å². The first-order valence-corrected chi connectivity index (χ1v) is 9.66. The lowest BCUT2D eigenvalue weighted by molar-refractivity contribution is -0.113. The van der Waals surface area contributed by atoms with Crippen LogP contribution < -0.4 is 19.7 Å². The molecule has 27 heavy (non-hydrogen) atoms. The zero-order valence-electron chi connectivity index (χ0n) is 14.9. The molecule has 1 fully saturated rings. The van der Waals surface area contributed by atoms with Crippen LogP contribution in [-0.2, 0) is 9.53 Å². The summed E-state index contributed by atoms with van der Waals surface area (Å²) in [6, 6.07) is 7.28. The Labute approximate surface area is 161 Å². The van der Waals surface area contributed by atoms with Crippen LogP contribution in [0.3, 0.4) is 0 Å². The lowest BCUT2D eigenvalue weighted by atomic mass is 10.3. The third-order valence-corrected chi connectivity index (χ3v) is 4.99. The van der Waals surface area contributed by atoms with E-state index in [4.69, 9.17) is 14.2 Å². The molecule has 1 aromatic heterocycles. The standard InChI is InChI=1S/C18H20N4O4S/c1-12-8-16(22-4-6-24-7-5-22)21-18(19-12)27-10-17(23)20-13-2-3-14-15(9-13)26-11-25-14/h2-3,8-9H,4-7,10-11H2,1H3,(H,20,23). The monoisotopic (exact) mass is 388 g/mol. The van der Waals surface area contributed by atoms with Crippen LogP contribution in [0.1, 0.15) is 5.69 Å². The van der Waals surface area contributed by atoms with Crippen molar-refractivity contribution >= 4 is 29.2 Å². The average molecular weight is 388 g/mol. The van der Waals surface area contributed by atoms with Crippen LogP contribution in [0, 0.1) is 6.92 Å². The SMILES string of the molecule is Cc1cc(N2CCOCC2)nc(SCC(=O)Nc2ccc3c(c2)OCO3)n1. The Morgan fingerprint density at radius 1 is 1.19 bits per heavy atom. The number of benzene rings is 1. The number of aromatic nitrogens is 2. The topological polar surface area (TPSA) is 85.8 Å². The minimum Gasteiger partial charge on any atom is -0.454 e. The third kappa shape index (κ3) is 4.42. The number of anilines is 2. The zero-order chi connectivity index (χ0) is 18.6. The Morgan fingerprint density at radius 2 is 2.00 bits per heavy atom. The van der Waals surface area contributed by atoms with Crippen molar-refractivity contribution in [2.75, 3.05) is 49.1 Å². The fourth-order valence-electron chi connectivity index (χ4n) is 2.85. The summed E-state index contributed by atoms with van der Waals surface area (Å²) in [6.07, 6.45) is 0. The molecule has 2 aliphatic heterocycles. The van der Waals surface area contributed by atoms with Gasteiger partial charge < -0.3 is 24.4 Å². The molecule has 1 amide bonds. The largest absolute Gasteiger partial charge is 0.454 e. The van der Waals surface area contributed by atoms with Gasteiger partial charge in [0, 0.05) is 36.6 Å². The Hall–Kier alpha value is -2.52. The van der Waals surface area contributed by atoms with Crippen LogP contribution >= 0.6 is 11.8 Å². The zero-order valence-corrected chi connectivity index (χ0v) is 15.8. The number of fused-ring (bicyclic) bond motifs is 1. The minimum atomic E-state index is -0.128. The van der Waals surface area contributed by atoms with Crippen LogP contribution in [0.2, 0.25) is 0 Å². The van der Waals surface area contributed by atoms with E-state index in [2.05, 4.69) is 20.2 Å². The second-order valence-electron chi connectivity index (χ2n) is 6.15. The molecule has 0 spiro atoms. The van der Waals surface area contributed by atoms with Gasteiger partial charge in [-0.05, 0) is 19.1 Å². The van der Waals surface area contributed by atoms with E-state index in [1.165, 1.54) is 11.8 Å². The molecule has 1 N–H and O–H groups in total. The number of ether oxygens (including phenoxy) is 3. The fraction of sp³-hybridized carbons (Fsp3) is 0.389. The quantitative estimate of drug-likeness (QED) is 0.616. The second kappa shape index (κ2) is 8.01. The third-order valence-electron chi connectivity index (χ3n) is 4.14. The first-order chi connectivity index (χ1) is 13.2. The average Bonchev–Trinajstić information content (AvgIpc) is 3.14. The Morgan fingerprint density at radius 3 is 2.85 bits per heavy atom. The van der Waals surface area contributed by atoms with E-state index in [9.17, 15) is 4.79 Å². The molecule has 0 saturated carbocycles. The predicted molar refractivity (Wildman–Crippen MR) is 102 cm³/mol. The van der Waals surface area contributed by atoms with Crippen LogP contribution in [0.15, 0.2) is 29.4 Å². The van der Waals surface area contributed by atoms with Crippen molar-refractivity contribution in [3.05, 3.63) is 30.0 Å². The maximum absolute atomic E-state index is 12.3. The van der Waals surface area contributed by atoms with Gasteiger partial charge in [-0.2, -0.15) is 0 Å². The summed E-state index contributed by atoms with van der Waals surface area (Å²) in [4.78, 5) is 23.5. The molecular formula is C18H20N4O4S. The molecule has 9 heteroatoms. The van der Waals surface area contributed by atoms with Crippen LogP contribution in [0.25, 0.3) is 0 Å². The molecule has 1 aromatic carbocycles. The molecule has 2 aromatic rings. The normalized spacial score (nSPS) is 15.7. The summed E-state index contributed by atoms with van der Waals surface area (Å²) in [5, 5.41) is 3.45. The minimum absolute atomic E-state index is 0.128.